The lowest BCUT2D eigenvalue weighted by molar-refractivity contribution is 0.0695. The van der Waals surface area contributed by atoms with Crippen LogP contribution in [-0.4, -0.2) is 50.1 Å². The Kier molecular flexibility index (Phi) is 6.39. The molecule has 36 heavy (non-hydrogen) atoms. The Morgan fingerprint density at radius 1 is 1.03 bits per heavy atom. The number of aryl methyl sites for hydroxylation is 1. The summed E-state index contributed by atoms with van der Waals surface area (Å²) in [6, 6.07) is 16.9. The fraction of sp³-hybridized carbons (Fsp3) is 0.310. The van der Waals surface area contributed by atoms with Crippen molar-refractivity contribution in [1.82, 2.24) is 10.2 Å². The van der Waals surface area contributed by atoms with Crippen LogP contribution in [0.25, 0.3) is 11.1 Å². The molecule has 5 rings (SSSR count). The van der Waals surface area contributed by atoms with Gasteiger partial charge in [-0.2, -0.15) is 0 Å². The van der Waals surface area contributed by atoms with Crippen LogP contribution in [0.2, 0.25) is 0 Å². The molecule has 2 aliphatic rings. The van der Waals surface area contributed by atoms with Gasteiger partial charge < -0.3 is 19.7 Å². The SMILES string of the molecule is COc1cc(OC)cc(C(=O)NC[C@@H]2[C@@H]3C[C@@H]3CN2C(=O)c2ccc(C)cc2-c2cccc(F)c2)c1. The van der Waals surface area contributed by atoms with Gasteiger partial charge in [0.15, 0.2) is 0 Å². The summed E-state index contributed by atoms with van der Waals surface area (Å²) in [5, 5.41) is 3.01. The van der Waals surface area contributed by atoms with Gasteiger partial charge >= 0.3 is 0 Å². The Bertz CT molecular complexity index is 1300. The van der Waals surface area contributed by atoms with Crippen molar-refractivity contribution in [2.45, 2.75) is 19.4 Å². The first-order valence-corrected chi connectivity index (χ1v) is 12.1. The van der Waals surface area contributed by atoms with Gasteiger partial charge in [-0.05, 0) is 66.6 Å². The lowest BCUT2D eigenvalue weighted by Crippen LogP contribution is -2.45. The number of hydrogen-bond donors (Lipinski definition) is 1. The molecule has 0 unspecified atom stereocenters. The highest BCUT2D eigenvalue weighted by Crippen LogP contribution is 2.50. The minimum atomic E-state index is -0.343. The lowest BCUT2D eigenvalue weighted by atomic mass is 9.96. The Morgan fingerprint density at radius 3 is 2.47 bits per heavy atom. The Hall–Kier alpha value is -3.87. The molecule has 2 amide bonds. The molecule has 1 aliphatic heterocycles. The van der Waals surface area contributed by atoms with Gasteiger partial charge in [0.25, 0.3) is 11.8 Å². The van der Waals surface area contributed by atoms with Gasteiger partial charge in [-0.15, -0.1) is 0 Å². The monoisotopic (exact) mass is 488 g/mol. The van der Waals surface area contributed by atoms with Crippen LogP contribution in [0.4, 0.5) is 4.39 Å². The predicted molar refractivity (Wildman–Crippen MR) is 135 cm³/mol. The Balaban J connectivity index is 1.36. The number of nitrogens with zero attached hydrogens (tertiary/aromatic N) is 1. The summed E-state index contributed by atoms with van der Waals surface area (Å²) in [6.07, 6.45) is 1.06. The minimum Gasteiger partial charge on any atom is -0.497 e. The first-order valence-electron chi connectivity index (χ1n) is 12.1. The van der Waals surface area contributed by atoms with Crippen molar-refractivity contribution in [2.75, 3.05) is 27.3 Å². The van der Waals surface area contributed by atoms with Crippen molar-refractivity contribution in [3.8, 4) is 22.6 Å². The van der Waals surface area contributed by atoms with Crippen LogP contribution >= 0.6 is 0 Å². The van der Waals surface area contributed by atoms with E-state index in [1.54, 1.807) is 24.3 Å². The van der Waals surface area contributed by atoms with E-state index in [1.807, 2.05) is 36.1 Å². The smallest absolute Gasteiger partial charge is 0.254 e. The molecular weight excluding hydrogens is 459 g/mol. The molecule has 0 aromatic heterocycles. The summed E-state index contributed by atoms with van der Waals surface area (Å²) in [4.78, 5) is 28.6. The molecule has 2 fully saturated rings. The largest absolute Gasteiger partial charge is 0.497 e. The van der Waals surface area contributed by atoms with E-state index in [0.29, 0.717) is 58.7 Å². The van der Waals surface area contributed by atoms with Crippen LogP contribution in [-0.2, 0) is 0 Å². The fourth-order valence-corrected chi connectivity index (χ4v) is 5.20. The average molecular weight is 489 g/mol. The Morgan fingerprint density at radius 2 is 1.78 bits per heavy atom. The van der Waals surface area contributed by atoms with E-state index in [9.17, 15) is 14.0 Å². The molecule has 1 heterocycles. The first-order chi connectivity index (χ1) is 17.4. The maximum absolute atomic E-state index is 14.0. The maximum atomic E-state index is 14.0. The third kappa shape index (κ3) is 4.65. The number of carbonyl (C=O) groups is 2. The molecule has 6 nitrogen and oxygen atoms in total. The van der Waals surface area contributed by atoms with E-state index in [1.165, 1.54) is 26.4 Å². The van der Waals surface area contributed by atoms with Gasteiger partial charge in [-0.1, -0.05) is 29.8 Å². The average Bonchev–Trinajstić information content (AvgIpc) is 3.57. The summed E-state index contributed by atoms with van der Waals surface area (Å²) < 4.78 is 24.5. The highest BCUT2D eigenvalue weighted by molar-refractivity contribution is 6.01. The van der Waals surface area contributed by atoms with Gasteiger partial charge in [0.1, 0.15) is 17.3 Å². The number of benzene rings is 3. The summed E-state index contributed by atoms with van der Waals surface area (Å²) in [5.74, 6) is 1.20. The van der Waals surface area contributed by atoms with Crippen LogP contribution in [0, 0.1) is 24.6 Å². The van der Waals surface area contributed by atoms with E-state index in [4.69, 9.17) is 9.47 Å². The third-order valence-corrected chi connectivity index (χ3v) is 7.19. The van der Waals surface area contributed by atoms with Crippen molar-refractivity contribution in [3.63, 3.8) is 0 Å². The van der Waals surface area contributed by atoms with Gasteiger partial charge in [0, 0.05) is 30.3 Å². The highest BCUT2D eigenvalue weighted by atomic mass is 19.1. The van der Waals surface area contributed by atoms with Crippen molar-refractivity contribution in [2.24, 2.45) is 11.8 Å². The third-order valence-electron chi connectivity index (χ3n) is 7.19. The molecule has 1 aliphatic carbocycles. The van der Waals surface area contributed by atoms with Gasteiger partial charge in [-0.25, -0.2) is 4.39 Å². The molecule has 1 N–H and O–H groups in total. The van der Waals surface area contributed by atoms with E-state index in [0.717, 1.165) is 12.0 Å². The van der Waals surface area contributed by atoms with Crippen LogP contribution in [0.3, 0.4) is 0 Å². The van der Waals surface area contributed by atoms with Crippen molar-refractivity contribution in [1.29, 1.82) is 0 Å². The second-order valence-electron chi connectivity index (χ2n) is 9.56. The molecule has 1 saturated heterocycles. The number of piperidine rings is 1. The number of likely N-dealkylation sites (tertiary alicyclic amines) is 1. The minimum absolute atomic E-state index is 0.0937. The van der Waals surface area contributed by atoms with Crippen molar-refractivity contribution in [3.05, 3.63) is 83.2 Å². The molecule has 7 heteroatoms. The molecule has 3 atom stereocenters. The Labute approximate surface area is 210 Å². The van der Waals surface area contributed by atoms with Crippen molar-refractivity contribution >= 4 is 11.8 Å². The molecule has 0 spiro atoms. The quantitative estimate of drug-likeness (QED) is 0.523. The molecule has 3 aromatic rings. The molecule has 0 bridgehead atoms. The number of rotatable bonds is 7. The zero-order valence-corrected chi connectivity index (χ0v) is 20.6. The number of nitrogens with one attached hydrogen (secondary N) is 1. The zero-order valence-electron chi connectivity index (χ0n) is 20.6. The summed E-state index contributed by atoms with van der Waals surface area (Å²) in [5.41, 5.74) is 3.35. The zero-order chi connectivity index (χ0) is 25.4. The van der Waals surface area contributed by atoms with Crippen LogP contribution in [0.15, 0.2) is 60.7 Å². The summed E-state index contributed by atoms with van der Waals surface area (Å²) >= 11 is 0. The molecule has 0 radical (unpaired) electrons. The number of halogens is 1. The van der Waals surface area contributed by atoms with Gasteiger partial charge in [-0.3, -0.25) is 9.59 Å². The predicted octanol–water partition coefficient (Wildman–Crippen LogP) is 4.71. The van der Waals surface area contributed by atoms with Crippen LogP contribution in [0.1, 0.15) is 32.7 Å². The van der Waals surface area contributed by atoms with E-state index in [2.05, 4.69) is 5.32 Å². The van der Waals surface area contributed by atoms with Crippen molar-refractivity contribution < 1.29 is 23.5 Å². The second-order valence-corrected chi connectivity index (χ2v) is 9.56. The molecular formula is C29H29FN2O4. The van der Waals surface area contributed by atoms with Gasteiger partial charge in [0.05, 0.1) is 20.3 Å². The number of carbonyl (C=O) groups excluding carboxylic acids is 2. The number of amides is 2. The topological polar surface area (TPSA) is 67.9 Å². The summed E-state index contributed by atoms with van der Waals surface area (Å²) in [7, 11) is 3.07. The lowest BCUT2D eigenvalue weighted by Gasteiger charge is -2.29. The number of hydrogen-bond acceptors (Lipinski definition) is 4. The number of ether oxygens (including phenoxy) is 2. The first kappa shape index (κ1) is 23.9. The normalized spacial score (nSPS) is 20.0. The molecule has 186 valence electrons. The van der Waals surface area contributed by atoms with Crippen LogP contribution < -0.4 is 14.8 Å². The maximum Gasteiger partial charge on any atom is 0.254 e. The number of fused-ring (bicyclic) bond motifs is 1. The highest BCUT2D eigenvalue weighted by Gasteiger charge is 2.54. The van der Waals surface area contributed by atoms with E-state index >= 15 is 0 Å². The van der Waals surface area contributed by atoms with E-state index < -0.39 is 0 Å². The second kappa shape index (κ2) is 9.64. The summed E-state index contributed by atoms with van der Waals surface area (Å²) in [6.45, 7) is 2.97. The molecule has 1 saturated carbocycles. The van der Waals surface area contributed by atoms with E-state index in [-0.39, 0.29) is 23.7 Å². The number of methoxy groups -OCH3 is 2. The molecule has 3 aromatic carbocycles. The van der Waals surface area contributed by atoms with Crippen LogP contribution in [0.5, 0.6) is 11.5 Å². The standard InChI is InChI=1S/C29H29FN2O4/c1-17-7-8-24(25(9-17)18-5-4-6-21(30)10-18)29(34)32-16-20-13-26(20)27(32)15-31-28(33)19-11-22(35-2)14-23(12-19)36-3/h4-12,14,20,26-27H,13,15-16H2,1-3H3,(H,31,33)/t20-,26-,27-/m1/s1. The van der Waals surface area contributed by atoms with Gasteiger partial charge in [0.2, 0.25) is 0 Å². The fourth-order valence-electron chi connectivity index (χ4n) is 5.20.